The van der Waals surface area contributed by atoms with Crippen molar-refractivity contribution in [2.24, 2.45) is 5.92 Å². The van der Waals surface area contributed by atoms with E-state index in [1.165, 1.54) is 31.0 Å². The molecule has 140 valence electrons. The lowest BCUT2D eigenvalue weighted by Gasteiger charge is -2.32. The maximum Gasteiger partial charge on any atom is 0.337 e. The average Bonchev–Trinajstić information content (AvgIpc) is 3.12. The number of imidazole rings is 1. The third-order valence-electron chi connectivity index (χ3n) is 5.47. The van der Waals surface area contributed by atoms with Gasteiger partial charge < -0.3 is 9.30 Å². The van der Waals surface area contributed by atoms with E-state index in [1.54, 1.807) is 0 Å². The van der Waals surface area contributed by atoms with Crippen molar-refractivity contribution in [1.29, 1.82) is 0 Å². The van der Waals surface area contributed by atoms with Crippen LogP contribution in [0.5, 0.6) is 0 Å². The lowest BCUT2D eigenvalue weighted by molar-refractivity contribution is 0.0600. The van der Waals surface area contributed by atoms with E-state index in [9.17, 15) is 4.79 Å². The zero-order valence-electron chi connectivity index (χ0n) is 15.7. The highest BCUT2D eigenvalue weighted by atomic mass is 16.5. The molecule has 0 radical (unpaired) electrons. The van der Waals surface area contributed by atoms with Crippen molar-refractivity contribution in [2.45, 2.75) is 25.9 Å². The molecule has 0 saturated carbocycles. The van der Waals surface area contributed by atoms with Crippen LogP contribution in [0.15, 0.2) is 54.9 Å². The highest BCUT2D eigenvalue weighted by Crippen LogP contribution is 2.23. The quantitative estimate of drug-likeness (QED) is 0.648. The van der Waals surface area contributed by atoms with Crippen LogP contribution in [0.2, 0.25) is 0 Å². The Kier molecular flexibility index (Phi) is 5.21. The highest BCUT2D eigenvalue weighted by Gasteiger charge is 2.20. The summed E-state index contributed by atoms with van der Waals surface area (Å²) in [6.07, 6.45) is 4.37. The number of carbonyl (C=O) groups is 1. The Morgan fingerprint density at radius 1 is 1.11 bits per heavy atom. The number of fused-ring (bicyclic) bond motifs is 1. The first-order valence-electron chi connectivity index (χ1n) is 9.52. The largest absolute Gasteiger partial charge is 0.465 e. The zero-order chi connectivity index (χ0) is 18.6. The Balaban J connectivity index is 1.30. The van der Waals surface area contributed by atoms with Crippen molar-refractivity contribution in [2.75, 3.05) is 20.2 Å². The molecule has 2 aromatic carbocycles. The predicted octanol–water partition coefficient (Wildman–Crippen LogP) is 3.74. The lowest BCUT2D eigenvalue weighted by atomic mass is 9.96. The Hall–Kier alpha value is -2.66. The van der Waals surface area contributed by atoms with E-state index >= 15 is 0 Å². The van der Waals surface area contributed by atoms with Crippen LogP contribution in [0.1, 0.15) is 28.8 Å². The molecular formula is C22H25N3O2. The molecule has 0 bridgehead atoms. The number of methoxy groups -OCH3 is 1. The second kappa shape index (κ2) is 7.92. The molecule has 1 aliphatic rings. The summed E-state index contributed by atoms with van der Waals surface area (Å²) in [7, 11) is 1.41. The van der Waals surface area contributed by atoms with E-state index in [1.807, 2.05) is 36.7 Å². The van der Waals surface area contributed by atoms with Gasteiger partial charge in [0.2, 0.25) is 0 Å². The van der Waals surface area contributed by atoms with Gasteiger partial charge in [0.1, 0.15) is 0 Å². The Bertz CT molecular complexity index is 909. The highest BCUT2D eigenvalue weighted by molar-refractivity contribution is 5.89. The van der Waals surface area contributed by atoms with Crippen molar-refractivity contribution in [3.63, 3.8) is 0 Å². The molecule has 3 aromatic rings. The van der Waals surface area contributed by atoms with E-state index in [0.29, 0.717) is 11.5 Å². The van der Waals surface area contributed by atoms with Gasteiger partial charge in [-0.15, -0.1) is 0 Å². The Morgan fingerprint density at radius 2 is 1.85 bits per heavy atom. The number of likely N-dealkylation sites (tertiary alicyclic amines) is 1. The van der Waals surface area contributed by atoms with Crippen LogP contribution < -0.4 is 0 Å². The van der Waals surface area contributed by atoms with E-state index in [-0.39, 0.29) is 5.97 Å². The van der Waals surface area contributed by atoms with Crippen LogP contribution in [-0.4, -0.2) is 40.6 Å². The molecule has 1 fully saturated rings. The zero-order valence-corrected chi connectivity index (χ0v) is 15.7. The summed E-state index contributed by atoms with van der Waals surface area (Å²) in [6.45, 7) is 4.19. The summed E-state index contributed by atoms with van der Waals surface area (Å²) in [6, 6.07) is 16.1. The first-order valence-corrected chi connectivity index (χ1v) is 9.52. The maximum atomic E-state index is 11.5. The molecule has 27 heavy (non-hydrogen) atoms. The summed E-state index contributed by atoms with van der Waals surface area (Å²) in [5.41, 5.74) is 4.14. The fourth-order valence-electron chi connectivity index (χ4n) is 3.88. The summed E-state index contributed by atoms with van der Waals surface area (Å²) >= 11 is 0. The summed E-state index contributed by atoms with van der Waals surface area (Å²) in [5, 5.41) is 0. The molecule has 0 aliphatic carbocycles. The van der Waals surface area contributed by atoms with Gasteiger partial charge in [-0.1, -0.05) is 24.3 Å². The minimum atomic E-state index is -0.283. The predicted molar refractivity (Wildman–Crippen MR) is 106 cm³/mol. The van der Waals surface area contributed by atoms with Gasteiger partial charge in [0.05, 0.1) is 30.0 Å². The Labute approximate surface area is 159 Å². The number of aromatic nitrogens is 2. The molecule has 0 atom stereocenters. The van der Waals surface area contributed by atoms with Crippen molar-refractivity contribution < 1.29 is 9.53 Å². The number of rotatable bonds is 5. The first kappa shape index (κ1) is 17.7. The summed E-state index contributed by atoms with van der Waals surface area (Å²) in [4.78, 5) is 18.5. The molecule has 1 aliphatic heterocycles. The van der Waals surface area contributed by atoms with Crippen LogP contribution in [0.3, 0.4) is 0 Å². The standard InChI is InChI=1S/C22H25N3O2/c1-27-22(26)19-8-6-17(7-9-19)14-24-12-10-18(11-13-24)15-25-16-23-20-4-2-3-5-21(20)25/h2-9,16,18H,10-15H2,1H3. The maximum absolute atomic E-state index is 11.5. The number of carbonyl (C=O) groups excluding carboxylic acids is 1. The number of benzene rings is 2. The average molecular weight is 363 g/mol. The van der Waals surface area contributed by atoms with Crippen LogP contribution in [-0.2, 0) is 17.8 Å². The lowest BCUT2D eigenvalue weighted by Crippen LogP contribution is -2.34. The molecule has 0 spiro atoms. The fraction of sp³-hybridized carbons (Fsp3) is 0.364. The van der Waals surface area contributed by atoms with Gasteiger partial charge in [-0.25, -0.2) is 9.78 Å². The van der Waals surface area contributed by atoms with E-state index in [0.717, 1.165) is 31.7 Å². The minimum Gasteiger partial charge on any atom is -0.465 e. The van der Waals surface area contributed by atoms with Crippen LogP contribution in [0.25, 0.3) is 11.0 Å². The second-order valence-corrected chi connectivity index (χ2v) is 7.29. The molecule has 0 amide bonds. The number of hydrogen-bond donors (Lipinski definition) is 0. The van der Waals surface area contributed by atoms with Crippen LogP contribution >= 0.6 is 0 Å². The number of piperidine rings is 1. The summed E-state index contributed by atoms with van der Waals surface area (Å²) < 4.78 is 7.04. The molecule has 5 nitrogen and oxygen atoms in total. The molecule has 1 aromatic heterocycles. The van der Waals surface area contributed by atoms with Gasteiger partial charge in [0, 0.05) is 13.1 Å². The van der Waals surface area contributed by atoms with Gasteiger partial charge in [-0.3, -0.25) is 4.90 Å². The normalized spacial score (nSPS) is 15.9. The number of nitrogens with zero attached hydrogens (tertiary/aromatic N) is 3. The third kappa shape index (κ3) is 4.03. The Morgan fingerprint density at radius 3 is 2.59 bits per heavy atom. The molecular weight excluding hydrogens is 338 g/mol. The van der Waals surface area contributed by atoms with Crippen LogP contribution in [0.4, 0.5) is 0 Å². The number of para-hydroxylation sites is 2. The monoisotopic (exact) mass is 363 g/mol. The molecule has 0 unspecified atom stereocenters. The molecule has 1 saturated heterocycles. The van der Waals surface area contributed by atoms with Crippen molar-refractivity contribution >= 4 is 17.0 Å². The number of hydrogen-bond acceptors (Lipinski definition) is 4. The first-order chi connectivity index (χ1) is 13.2. The van der Waals surface area contributed by atoms with Gasteiger partial charge in [-0.05, 0) is 61.7 Å². The minimum absolute atomic E-state index is 0.283. The fourth-order valence-corrected chi connectivity index (χ4v) is 3.88. The molecule has 2 heterocycles. The van der Waals surface area contributed by atoms with Crippen molar-refractivity contribution in [3.05, 3.63) is 66.0 Å². The van der Waals surface area contributed by atoms with Crippen molar-refractivity contribution in [3.8, 4) is 0 Å². The topological polar surface area (TPSA) is 47.4 Å². The molecule has 0 N–H and O–H groups in total. The van der Waals surface area contributed by atoms with Crippen molar-refractivity contribution in [1.82, 2.24) is 14.5 Å². The molecule has 4 rings (SSSR count). The second-order valence-electron chi connectivity index (χ2n) is 7.29. The third-order valence-corrected chi connectivity index (χ3v) is 5.47. The van der Waals surface area contributed by atoms with Gasteiger partial charge in [-0.2, -0.15) is 0 Å². The smallest absolute Gasteiger partial charge is 0.337 e. The number of esters is 1. The number of ether oxygens (including phenoxy) is 1. The summed E-state index contributed by atoms with van der Waals surface area (Å²) in [5.74, 6) is 0.412. The van der Waals surface area contributed by atoms with Crippen LogP contribution in [0, 0.1) is 5.92 Å². The van der Waals surface area contributed by atoms with E-state index in [4.69, 9.17) is 4.74 Å². The van der Waals surface area contributed by atoms with E-state index < -0.39 is 0 Å². The SMILES string of the molecule is COC(=O)c1ccc(CN2CCC(Cn3cnc4ccccc43)CC2)cc1. The van der Waals surface area contributed by atoms with Gasteiger partial charge in [0.25, 0.3) is 0 Å². The molecule has 5 heteroatoms. The van der Waals surface area contributed by atoms with E-state index in [2.05, 4.69) is 32.7 Å². The van der Waals surface area contributed by atoms with Gasteiger partial charge in [0.15, 0.2) is 0 Å². The van der Waals surface area contributed by atoms with Gasteiger partial charge >= 0.3 is 5.97 Å².